The van der Waals surface area contributed by atoms with Gasteiger partial charge in [-0.25, -0.2) is 4.98 Å². The van der Waals surface area contributed by atoms with Crippen LogP contribution in [0.25, 0.3) is 0 Å². The predicted octanol–water partition coefficient (Wildman–Crippen LogP) is 3.91. The van der Waals surface area contributed by atoms with E-state index in [2.05, 4.69) is 26.8 Å². The lowest BCUT2D eigenvalue weighted by atomic mass is 10.1. The number of rotatable bonds is 6. The molecule has 2 saturated carbocycles. The zero-order valence-electron chi connectivity index (χ0n) is 13.1. The third kappa shape index (κ3) is 2.81. The average molecular weight is 348 g/mol. The van der Waals surface area contributed by atoms with Gasteiger partial charge < -0.3 is 9.64 Å². The van der Waals surface area contributed by atoms with Crippen molar-refractivity contribution in [2.45, 2.75) is 38.1 Å². The second-order valence-electron chi connectivity index (χ2n) is 7.22. The van der Waals surface area contributed by atoms with Gasteiger partial charge in [0.05, 0.1) is 13.2 Å². The Kier molecular flexibility index (Phi) is 3.46. The van der Waals surface area contributed by atoms with Crippen LogP contribution < -0.4 is 4.90 Å². The van der Waals surface area contributed by atoms with Crippen LogP contribution >= 0.6 is 22.9 Å². The van der Waals surface area contributed by atoms with Crippen molar-refractivity contribution in [3.05, 3.63) is 28.2 Å². The Morgan fingerprint density at radius 1 is 1.39 bits per heavy atom. The molecule has 2 aromatic rings. The van der Waals surface area contributed by atoms with Crippen molar-refractivity contribution in [2.75, 3.05) is 24.7 Å². The Morgan fingerprint density at radius 3 is 3.04 bits per heavy atom. The van der Waals surface area contributed by atoms with E-state index in [1.54, 1.807) is 11.5 Å². The van der Waals surface area contributed by atoms with E-state index in [0.717, 1.165) is 55.0 Å². The van der Waals surface area contributed by atoms with Gasteiger partial charge in [0.15, 0.2) is 0 Å². The van der Waals surface area contributed by atoms with Crippen LogP contribution in [0, 0.1) is 11.3 Å². The van der Waals surface area contributed by atoms with Crippen molar-refractivity contribution >= 4 is 28.0 Å². The topological polar surface area (TPSA) is 38.2 Å². The van der Waals surface area contributed by atoms with Crippen LogP contribution in [-0.4, -0.2) is 29.1 Å². The van der Waals surface area contributed by atoms with Crippen molar-refractivity contribution in [3.63, 3.8) is 0 Å². The molecule has 3 fully saturated rings. The molecular weight excluding hydrogens is 326 g/mol. The van der Waals surface area contributed by atoms with Gasteiger partial charge in [-0.05, 0) is 48.5 Å². The lowest BCUT2D eigenvalue weighted by molar-refractivity contribution is 0.193. The molecular formula is C17H21N3OS2. The minimum atomic E-state index is 0.402. The van der Waals surface area contributed by atoms with E-state index in [1.165, 1.54) is 24.1 Å². The Morgan fingerprint density at radius 2 is 2.35 bits per heavy atom. The zero-order chi connectivity index (χ0) is 15.3. The molecule has 2 aliphatic carbocycles. The molecule has 2 aromatic heterocycles. The first-order valence-electron chi connectivity index (χ1n) is 8.51. The zero-order valence-corrected chi connectivity index (χ0v) is 14.7. The molecule has 0 amide bonds. The summed E-state index contributed by atoms with van der Waals surface area (Å²) in [5.41, 5.74) is 0.737. The standard InChI is InChI=1S/C17H21N3OS2/c1-2-14(22-7-1)10-20(9-13-8-17(13)4-5-17)16-18-15(19-23-16)12-3-6-21-11-12/h1-2,7,12-13H,3-6,8-11H2. The molecule has 2 atom stereocenters. The summed E-state index contributed by atoms with van der Waals surface area (Å²) < 4.78 is 10.1. The van der Waals surface area contributed by atoms with Gasteiger partial charge in [-0.15, -0.1) is 11.3 Å². The first-order chi connectivity index (χ1) is 11.3. The molecule has 5 rings (SSSR count). The average Bonchev–Trinajstić information content (AvgIpc) is 3.20. The predicted molar refractivity (Wildman–Crippen MR) is 93.2 cm³/mol. The van der Waals surface area contributed by atoms with Gasteiger partial charge >= 0.3 is 0 Å². The SMILES string of the molecule is c1csc(CN(CC2CC23CC3)c2nc(C3CCOC3)ns2)c1. The second-order valence-corrected chi connectivity index (χ2v) is 8.98. The number of ether oxygens (including phenoxy) is 1. The van der Waals surface area contributed by atoms with E-state index in [0.29, 0.717) is 5.92 Å². The molecule has 2 unspecified atom stereocenters. The van der Waals surface area contributed by atoms with Crippen LogP contribution in [0.2, 0.25) is 0 Å². The number of anilines is 1. The lowest BCUT2D eigenvalue weighted by Gasteiger charge is -2.21. The summed E-state index contributed by atoms with van der Waals surface area (Å²) in [4.78, 5) is 8.77. The molecule has 1 saturated heterocycles. The van der Waals surface area contributed by atoms with Gasteiger partial charge in [0.25, 0.3) is 0 Å². The highest BCUT2D eigenvalue weighted by Gasteiger charge is 2.62. The van der Waals surface area contributed by atoms with Crippen LogP contribution in [-0.2, 0) is 11.3 Å². The van der Waals surface area contributed by atoms with Gasteiger partial charge in [0, 0.05) is 35.5 Å². The summed E-state index contributed by atoms with van der Waals surface area (Å²) in [5, 5.41) is 3.26. The highest BCUT2D eigenvalue weighted by molar-refractivity contribution is 7.10. The first-order valence-corrected chi connectivity index (χ1v) is 10.2. The molecule has 1 spiro atoms. The maximum absolute atomic E-state index is 5.49. The van der Waals surface area contributed by atoms with Gasteiger partial charge in [0.1, 0.15) is 5.82 Å². The maximum Gasteiger partial charge on any atom is 0.205 e. The van der Waals surface area contributed by atoms with Crippen molar-refractivity contribution in [3.8, 4) is 0 Å². The molecule has 0 aromatic carbocycles. The van der Waals surface area contributed by atoms with Crippen LogP contribution in [0.5, 0.6) is 0 Å². The summed E-state index contributed by atoms with van der Waals surface area (Å²) in [6.45, 7) is 3.75. The van der Waals surface area contributed by atoms with E-state index in [-0.39, 0.29) is 0 Å². The molecule has 4 nitrogen and oxygen atoms in total. The van der Waals surface area contributed by atoms with E-state index in [9.17, 15) is 0 Å². The van der Waals surface area contributed by atoms with Crippen LogP contribution in [0.15, 0.2) is 17.5 Å². The molecule has 3 heterocycles. The molecule has 1 aliphatic heterocycles. The third-order valence-corrected chi connectivity index (χ3v) is 7.27. The molecule has 0 radical (unpaired) electrons. The van der Waals surface area contributed by atoms with Crippen LogP contribution in [0.1, 0.15) is 42.3 Å². The summed E-state index contributed by atoms with van der Waals surface area (Å²) in [5.74, 6) is 2.28. The lowest BCUT2D eigenvalue weighted by Crippen LogP contribution is -2.25. The fraction of sp³-hybridized carbons (Fsp3) is 0.647. The first kappa shape index (κ1) is 14.4. The Bertz CT molecular complexity index is 674. The number of hydrogen-bond acceptors (Lipinski definition) is 6. The third-order valence-electron chi connectivity index (χ3n) is 5.61. The minimum absolute atomic E-state index is 0.402. The quantitative estimate of drug-likeness (QED) is 0.794. The highest BCUT2D eigenvalue weighted by atomic mass is 32.1. The maximum atomic E-state index is 5.49. The van der Waals surface area contributed by atoms with Crippen LogP contribution in [0.4, 0.5) is 5.13 Å². The Labute approximate surface area is 144 Å². The largest absolute Gasteiger partial charge is 0.381 e. The van der Waals surface area contributed by atoms with E-state index in [4.69, 9.17) is 9.72 Å². The fourth-order valence-corrected chi connectivity index (χ4v) is 5.26. The van der Waals surface area contributed by atoms with Gasteiger partial charge in [-0.2, -0.15) is 4.37 Å². The van der Waals surface area contributed by atoms with Gasteiger partial charge in [-0.3, -0.25) is 0 Å². The Hall–Kier alpha value is -0.980. The fourth-order valence-electron chi connectivity index (χ4n) is 3.79. The molecule has 3 aliphatic rings. The van der Waals surface area contributed by atoms with Crippen molar-refractivity contribution in [1.82, 2.24) is 9.36 Å². The highest BCUT2D eigenvalue weighted by Crippen LogP contribution is 2.70. The summed E-state index contributed by atoms with van der Waals surface area (Å²) in [6.07, 6.45) is 5.39. The van der Waals surface area contributed by atoms with E-state index >= 15 is 0 Å². The van der Waals surface area contributed by atoms with E-state index < -0.39 is 0 Å². The molecule has 0 N–H and O–H groups in total. The normalized spacial score (nSPS) is 27.5. The monoisotopic (exact) mass is 347 g/mol. The second kappa shape index (κ2) is 5.53. The number of nitrogens with zero attached hydrogens (tertiary/aromatic N) is 3. The Balaban J connectivity index is 1.35. The number of thiophene rings is 1. The molecule has 0 bridgehead atoms. The molecule has 6 heteroatoms. The number of hydrogen-bond donors (Lipinski definition) is 0. The van der Waals surface area contributed by atoms with Crippen molar-refractivity contribution in [1.29, 1.82) is 0 Å². The van der Waals surface area contributed by atoms with Crippen molar-refractivity contribution < 1.29 is 4.74 Å². The van der Waals surface area contributed by atoms with E-state index in [1.807, 2.05) is 11.3 Å². The smallest absolute Gasteiger partial charge is 0.205 e. The molecule has 23 heavy (non-hydrogen) atoms. The molecule has 122 valence electrons. The van der Waals surface area contributed by atoms with Gasteiger partial charge in [0.2, 0.25) is 5.13 Å². The number of aromatic nitrogens is 2. The summed E-state index contributed by atoms with van der Waals surface area (Å²) in [6, 6.07) is 4.36. The van der Waals surface area contributed by atoms with Crippen molar-refractivity contribution in [2.24, 2.45) is 11.3 Å². The minimum Gasteiger partial charge on any atom is -0.381 e. The van der Waals surface area contributed by atoms with Crippen LogP contribution in [0.3, 0.4) is 0 Å². The summed E-state index contributed by atoms with van der Waals surface area (Å²) >= 11 is 3.41. The summed E-state index contributed by atoms with van der Waals surface area (Å²) in [7, 11) is 0. The van der Waals surface area contributed by atoms with Gasteiger partial charge in [-0.1, -0.05) is 6.07 Å².